The number of nitrogens with one attached hydrogen (secondary N) is 1. The lowest BCUT2D eigenvalue weighted by atomic mass is 9.89. The molecule has 0 amide bonds. The summed E-state index contributed by atoms with van der Waals surface area (Å²) in [5.41, 5.74) is 0.0496. The molecule has 3 heterocycles. The number of hydrogen-bond donors (Lipinski definition) is 1. The zero-order chi connectivity index (χ0) is 25.3. The summed E-state index contributed by atoms with van der Waals surface area (Å²) in [6, 6.07) is 3.29. The molecule has 3 aromatic rings. The van der Waals surface area contributed by atoms with Crippen LogP contribution in [0.15, 0.2) is 23.7 Å². The van der Waals surface area contributed by atoms with Crippen molar-refractivity contribution >= 4 is 57.0 Å². The summed E-state index contributed by atoms with van der Waals surface area (Å²) < 4.78 is 46.7. The van der Waals surface area contributed by atoms with Gasteiger partial charge in [-0.25, -0.2) is 4.98 Å². The maximum absolute atomic E-state index is 13.3. The molecule has 13 heteroatoms. The normalized spacial score (nSPS) is 15.9. The van der Waals surface area contributed by atoms with Crippen LogP contribution in [0.1, 0.15) is 24.2 Å². The highest BCUT2D eigenvalue weighted by atomic mass is 35.5. The molecule has 1 atom stereocenters. The fourth-order valence-electron chi connectivity index (χ4n) is 4.30. The number of hydrogen-bond acceptors (Lipinski definition) is 6. The minimum Gasteiger partial charge on any atom is -0.495 e. The smallest absolute Gasteiger partial charge is 0.436 e. The van der Waals surface area contributed by atoms with E-state index in [1.54, 1.807) is 26.3 Å². The average Bonchev–Trinajstić information content (AvgIpc) is 3.42. The lowest BCUT2D eigenvalue weighted by molar-refractivity contribution is -0.141. The van der Waals surface area contributed by atoms with Gasteiger partial charge in [-0.2, -0.15) is 18.3 Å². The first kappa shape index (κ1) is 26.2. The second-order valence-corrected chi connectivity index (χ2v) is 10.4. The number of anilines is 2. The van der Waals surface area contributed by atoms with Crippen molar-refractivity contribution < 1.29 is 17.9 Å². The quantitative estimate of drug-likeness (QED) is 0.332. The fourth-order valence-corrected chi connectivity index (χ4v) is 5.71. The molecule has 0 radical (unpaired) electrons. The van der Waals surface area contributed by atoms with Crippen LogP contribution in [0, 0.1) is 12.8 Å². The Balaban J connectivity index is 1.53. The van der Waals surface area contributed by atoms with Crippen LogP contribution in [0.25, 0.3) is 0 Å². The molecule has 1 saturated heterocycles. The van der Waals surface area contributed by atoms with E-state index in [9.17, 15) is 13.2 Å². The predicted molar refractivity (Wildman–Crippen MR) is 134 cm³/mol. The standard InChI is InChI=1S/C22H23Cl3F3N5OS/c1-12-19(25)20(22(26,27)28)31-33(12)11-16(30-21-29-5-8-35-21)13-3-6-32(7-4-13)17-10-18(34-2)15(24)9-14(17)23/h5,8-10,13,16H,3-4,6-7,11H2,1-2H3,(H,29,30). The molecule has 1 aromatic carbocycles. The lowest BCUT2D eigenvalue weighted by Gasteiger charge is -2.38. The number of ether oxygens (including phenoxy) is 1. The first-order valence-corrected chi connectivity index (χ1v) is 12.8. The van der Waals surface area contributed by atoms with E-state index in [1.165, 1.54) is 16.0 Å². The number of rotatable bonds is 7. The minimum absolute atomic E-state index is 0.153. The molecule has 4 rings (SSSR count). The van der Waals surface area contributed by atoms with Crippen molar-refractivity contribution in [1.29, 1.82) is 0 Å². The number of alkyl halides is 3. The van der Waals surface area contributed by atoms with Crippen molar-refractivity contribution in [2.75, 3.05) is 30.4 Å². The third-order valence-corrected chi connectivity index (χ3v) is 7.94. The molecular formula is C22H23Cl3F3N5OS. The number of methoxy groups -OCH3 is 1. The first-order valence-electron chi connectivity index (χ1n) is 10.8. The van der Waals surface area contributed by atoms with Crippen molar-refractivity contribution in [1.82, 2.24) is 14.8 Å². The van der Waals surface area contributed by atoms with Gasteiger partial charge in [-0.1, -0.05) is 34.8 Å². The summed E-state index contributed by atoms with van der Waals surface area (Å²) >= 11 is 20.0. The summed E-state index contributed by atoms with van der Waals surface area (Å²) in [5, 5.41) is 10.4. The monoisotopic (exact) mass is 567 g/mol. The predicted octanol–water partition coefficient (Wildman–Crippen LogP) is 7.03. The molecule has 1 unspecified atom stereocenters. The average molecular weight is 569 g/mol. The number of piperidine rings is 1. The van der Waals surface area contributed by atoms with Crippen LogP contribution in [0.3, 0.4) is 0 Å². The Morgan fingerprint density at radius 3 is 2.49 bits per heavy atom. The molecule has 0 spiro atoms. The van der Waals surface area contributed by atoms with Crippen molar-refractivity contribution in [3.05, 3.63) is 50.2 Å². The Kier molecular flexibility index (Phi) is 7.95. The third kappa shape index (κ3) is 5.76. The van der Waals surface area contributed by atoms with E-state index in [2.05, 4.69) is 20.3 Å². The van der Waals surface area contributed by atoms with Gasteiger partial charge < -0.3 is 15.0 Å². The van der Waals surface area contributed by atoms with E-state index >= 15 is 0 Å². The molecular weight excluding hydrogens is 546 g/mol. The van der Waals surface area contributed by atoms with Gasteiger partial charge in [-0.3, -0.25) is 4.68 Å². The zero-order valence-electron chi connectivity index (χ0n) is 18.9. The number of benzene rings is 1. The van der Waals surface area contributed by atoms with Crippen LogP contribution < -0.4 is 15.0 Å². The van der Waals surface area contributed by atoms with Crippen molar-refractivity contribution in [3.8, 4) is 5.75 Å². The summed E-state index contributed by atoms with van der Waals surface area (Å²) in [5.74, 6) is 0.697. The third-order valence-electron chi connectivity index (χ3n) is 6.18. The number of thiazole rings is 1. The van der Waals surface area contributed by atoms with Crippen LogP contribution in [-0.2, 0) is 12.7 Å². The number of halogens is 6. The van der Waals surface area contributed by atoms with E-state index in [0.29, 0.717) is 34.0 Å². The molecule has 6 nitrogen and oxygen atoms in total. The minimum atomic E-state index is -4.62. The van der Waals surface area contributed by atoms with Gasteiger partial charge in [0.2, 0.25) is 0 Å². The van der Waals surface area contributed by atoms with Crippen LogP contribution in [-0.4, -0.2) is 41.0 Å². The van der Waals surface area contributed by atoms with Gasteiger partial charge in [0.15, 0.2) is 10.8 Å². The van der Waals surface area contributed by atoms with Gasteiger partial charge in [-0.05, 0) is 31.7 Å². The highest BCUT2D eigenvalue weighted by Gasteiger charge is 2.39. The van der Waals surface area contributed by atoms with Gasteiger partial charge in [0.1, 0.15) is 5.75 Å². The van der Waals surface area contributed by atoms with Gasteiger partial charge >= 0.3 is 6.18 Å². The van der Waals surface area contributed by atoms with Gasteiger partial charge in [-0.15, -0.1) is 11.3 Å². The Morgan fingerprint density at radius 1 is 1.20 bits per heavy atom. The summed E-state index contributed by atoms with van der Waals surface area (Å²) in [4.78, 5) is 6.46. The molecule has 190 valence electrons. The molecule has 1 aliphatic heterocycles. The maximum atomic E-state index is 13.3. The van der Waals surface area contributed by atoms with Crippen molar-refractivity contribution in [2.24, 2.45) is 5.92 Å². The molecule has 35 heavy (non-hydrogen) atoms. The Bertz CT molecular complexity index is 1160. The number of nitrogens with zero attached hydrogens (tertiary/aromatic N) is 4. The van der Waals surface area contributed by atoms with E-state index in [4.69, 9.17) is 39.5 Å². The fraction of sp³-hybridized carbons (Fsp3) is 0.455. The molecule has 1 aliphatic rings. The summed E-state index contributed by atoms with van der Waals surface area (Å²) in [6.07, 6.45) is -1.37. The van der Waals surface area contributed by atoms with E-state index in [0.717, 1.165) is 18.5 Å². The Labute approximate surface area is 219 Å². The molecule has 0 aliphatic carbocycles. The molecule has 0 bridgehead atoms. The topological polar surface area (TPSA) is 55.2 Å². The Hall–Kier alpha value is -1.88. The Morgan fingerprint density at radius 2 is 1.91 bits per heavy atom. The van der Waals surface area contributed by atoms with E-state index < -0.39 is 11.9 Å². The van der Waals surface area contributed by atoms with Crippen LogP contribution in [0.2, 0.25) is 15.1 Å². The second-order valence-electron chi connectivity index (χ2n) is 8.28. The van der Waals surface area contributed by atoms with Gasteiger partial charge in [0, 0.05) is 30.7 Å². The second kappa shape index (κ2) is 10.6. The van der Waals surface area contributed by atoms with Crippen molar-refractivity contribution in [3.63, 3.8) is 0 Å². The first-order chi connectivity index (χ1) is 16.6. The largest absolute Gasteiger partial charge is 0.495 e. The lowest BCUT2D eigenvalue weighted by Crippen LogP contribution is -2.42. The molecule has 2 aromatic heterocycles. The highest BCUT2D eigenvalue weighted by Crippen LogP contribution is 2.39. The zero-order valence-corrected chi connectivity index (χ0v) is 22.0. The van der Waals surface area contributed by atoms with E-state index in [1.807, 2.05) is 11.4 Å². The highest BCUT2D eigenvalue weighted by molar-refractivity contribution is 7.13. The van der Waals surface area contributed by atoms with E-state index in [-0.39, 0.29) is 29.2 Å². The van der Waals surface area contributed by atoms with Crippen LogP contribution in [0.4, 0.5) is 24.0 Å². The summed E-state index contributed by atoms with van der Waals surface area (Å²) in [7, 11) is 1.55. The molecule has 0 saturated carbocycles. The van der Waals surface area contributed by atoms with Crippen LogP contribution in [0.5, 0.6) is 5.75 Å². The molecule has 1 fully saturated rings. The number of aromatic nitrogens is 3. The van der Waals surface area contributed by atoms with Gasteiger partial charge in [0.05, 0.1) is 46.1 Å². The molecule has 1 N–H and O–H groups in total. The van der Waals surface area contributed by atoms with Crippen molar-refractivity contribution in [2.45, 2.75) is 38.5 Å². The van der Waals surface area contributed by atoms with Gasteiger partial charge in [0.25, 0.3) is 0 Å². The van der Waals surface area contributed by atoms with Crippen LogP contribution >= 0.6 is 46.1 Å². The SMILES string of the molecule is COc1cc(N2CCC(C(Cn3nc(C(F)(F)F)c(Cl)c3C)Nc3nccs3)CC2)c(Cl)cc1Cl. The maximum Gasteiger partial charge on any atom is 0.436 e. The summed E-state index contributed by atoms with van der Waals surface area (Å²) in [6.45, 7) is 3.18.